The van der Waals surface area contributed by atoms with Gasteiger partial charge in [0.2, 0.25) is 0 Å². The van der Waals surface area contributed by atoms with Crippen LogP contribution in [0.15, 0.2) is 24.3 Å². The predicted molar refractivity (Wildman–Crippen MR) is 110 cm³/mol. The minimum atomic E-state index is -1.74. The van der Waals surface area contributed by atoms with Gasteiger partial charge in [-0.1, -0.05) is 12.1 Å². The van der Waals surface area contributed by atoms with Gasteiger partial charge >= 0.3 is 11.9 Å². The van der Waals surface area contributed by atoms with Gasteiger partial charge in [-0.05, 0) is 66.2 Å². The van der Waals surface area contributed by atoms with Crippen molar-refractivity contribution in [2.75, 3.05) is 0 Å². The van der Waals surface area contributed by atoms with Crippen LogP contribution in [0.2, 0.25) is 0 Å². The highest BCUT2D eigenvalue weighted by Gasteiger charge is 2.57. The number of benzene rings is 1. The van der Waals surface area contributed by atoms with Gasteiger partial charge in [0.1, 0.15) is 22.9 Å². The zero-order valence-electron chi connectivity index (χ0n) is 18.7. The summed E-state index contributed by atoms with van der Waals surface area (Å²) in [5.41, 5.74) is -3.05. The molecule has 4 atom stereocenters. The molecule has 0 heterocycles. The van der Waals surface area contributed by atoms with Crippen molar-refractivity contribution in [3.63, 3.8) is 0 Å². The van der Waals surface area contributed by atoms with Gasteiger partial charge in [-0.25, -0.2) is 0 Å². The number of phenolic OH excluding ortho intramolecular Hbond substituents is 1. The van der Waals surface area contributed by atoms with Crippen molar-refractivity contribution in [1.82, 2.24) is 0 Å². The second-order valence-corrected chi connectivity index (χ2v) is 10.1. The molecule has 0 spiro atoms. The molecular weight excluding hydrogens is 388 g/mol. The van der Waals surface area contributed by atoms with Crippen LogP contribution >= 0.6 is 0 Å². The molecule has 0 saturated heterocycles. The lowest BCUT2D eigenvalue weighted by Crippen LogP contribution is -2.56. The zero-order valence-corrected chi connectivity index (χ0v) is 18.7. The Morgan fingerprint density at radius 2 is 1.57 bits per heavy atom. The van der Waals surface area contributed by atoms with E-state index in [9.17, 15) is 24.6 Å². The molecule has 7 heteroatoms. The largest absolute Gasteiger partial charge is 0.508 e. The summed E-state index contributed by atoms with van der Waals surface area (Å²) in [4.78, 5) is 39.2. The Bertz CT molecular complexity index is 827. The van der Waals surface area contributed by atoms with E-state index in [-0.39, 0.29) is 5.75 Å². The monoisotopic (exact) mass is 420 g/mol. The van der Waals surface area contributed by atoms with E-state index in [1.165, 1.54) is 19.1 Å². The summed E-state index contributed by atoms with van der Waals surface area (Å²) in [7, 11) is 0. The quantitative estimate of drug-likeness (QED) is 0.571. The van der Waals surface area contributed by atoms with Crippen LogP contribution < -0.4 is 0 Å². The van der Waals surface area contributed by atoms with Crippen molar-refractivity contribution in [2.24, 2.45) is 11.8 Å². The van der Waals surface area contributed by atoms with Crippen molar-refractivity contribution in [3.8, 4) is 5.75 Å². The van der Waals surface area contributed by atoms with Crippen LogP contribution in [0, 0.1) is 11.8 Å². The number of aromatic hydroxyl groups is 1. The Morgan fingerprint density at radius 1 is 1.03 bits per heavy atom. The van der Waals surface area contributed by atoms with E-state index in [1.54, 1.807) is 53.7 Å². The molecule has 2 rings (SSSR count). The average Bonchev–Trinajstić information content (AvgIpc) is 2.49. The van der Waals surface area contributed by atoms with Crippen LogP contribution in [0.3, 0.4) is 0 Å². The summed E-state index contributed by atoms with van der Waals surface area (Å²) in [6.07, 6.45) is -0.393. The summed E-state index contributed by atoms with van der Waals surface area (Å²) in [6, 6.07) is 5.98. The van der Waals surface area contributed by atoms with E-state index in [4.69, 9.17) is 9.47 Å². The Balaban J connectivity index is 2.64. The number of rotatable bonds is 3. The average molecular weight is 421 g/mol. The van der Waals surface area contributed by atoms with Crippen LogP contribution in [-0.2, 0) is 23.9 Å². The van der Waals surface area contributed by atoms with Crippen LogP contribution in [-0.4, -0.2) is 44.7 Å². The molecule has 1 aliphatic rings. The highest BCUT2D eigenvalue weighted by Crippen LogP contribution is 2.47. The lowest BCUT2D eigenvalue weighted by molar-refractivity contribution is -0.182. The molecule has 1 aliphatic carbocycles. The molecule has 0 amide bonds. The standard InChI is InChI=1S/C23H32O7/c1-21(2,3)29-19(26)17-15(25)12-23(7,28)18(20(27)30-22(4,5)6)16(17)13-9-8-10-14(24)11-13/h8-11,16-18,24,28H,12H2,1-7H3/t16-,17-,18-,23-/m0/s1. The lowest BCUT2D eigenvalue weighted by Gasteiger charge is -2.44. The van der Waals surface area contributed by atoms with Crippen molar-refractivity contribution in [3.05, 3.63) is 29.8 Å². The third-order valence-corrected chi connectivity index (χ3v) is 4.84. The Morgan fingerprint density at radius 3 is 2.07 bits per heavy atom. The number of carbonyl (C=O) groups is 3. The number of hydrogen-bond acceptors (Lipinski definition) is 7. The van der Waals surface area contributed by atoms with E-state index in [0.717, 1.165) is 0 Å². The first-order valence-electron chi connectivity index (χ1n) is 10.0. The molecule has 166 valence electrons. The van der Waals surface area contributed by atoms with Gasteiger partial charge in [0.05, 0.1) is 11.5 Å². The SMILES string of the molecule is CC(C)(C)OC(=O)[C@H]1C(=O)C[C@](C)(O)[C@H](C(=O)OC(C)(C)C)[C@H]1c1cccc(O)c1. The topological polar surface area (TPSA) is 110 Å². The summed E-state index contributed by atoms with van der Waals surface area (Å²) in [6.45, 7) is 11.5. The lowest BCUT2D eigenvalue weighted by atomic mass is 9.61. The summed E-state index contributed by atoms with van der Waals surface area (Å²) in [5, 5.41) is 21.1. The van der Waals surface area contributed by atoms with Gasteiger partial charge in [0.15, 0.2) is 5.78 Å². The first kappa shape index (κ1) is 23.9. The van der Waals surface area contributed by atoms with Crippen molar-refractivity contribution < 1.29 is 34.1 Å². The molecule has 1 aromatic carbocycles. The summed E-state index contributed by atoms with van der Waals surface area (Å²) in [5.74, 6) is -5.69. The van der Waals surface area contributed by atoms with Gasteiger partial charge in [-0.2, -0.15) is 0 Å². The van der Waals surface area contributed by atoms with Crippen LogP contribution in [0.5, 0.6) is 5.75 Å². The summed E-state index contributed by atoms with van der Waals surface area (Å²) >= 11 is 0. The maximum atomic E-state index is 13.1. The maximum Gasteiger partial charge on any atom is 0.317 e. The van der Waals surface area contributed by atoms with E-state index in [2.05, 4.69) is 0 Å². The minimum Gasteiger partial charge on any atom is -0.508 e. The number of phenols is 1. The fraction of sp³-hybridized carbons (Fsp3) is 0.609. The Labute approximate surface area is 177 Å². The fourth-order valence-corrected chi connectivity index (χ4v) is 3.88. The van der Waals surface area contributed by atoms with Gasteiger partial charge in [0.25, 0.3) is 0 Å². The Hall–Kier alpha value is -2.41. The number of carbonyl (C=O) groups excluding carboxylic acids is 3. The van der Waals surface area contributed by atoms with Crippen molar-refractivity contribution >= 4 is 17.7 Å². The van der Waals surface area contributed by atoms with Gasteiger partial charge in [-0.15, -0.1) is 0 Å². The molecule has 1 fully saturated rings. The number of ether oxygens (including phenoxy) is 2. The molecule has 7 nitrogen and oxygen atoms in total. The molecule has 30 heavy (non-hydrogen) atoms. The fourth-order valence-electron chi connectivity index (χ4n) is 3.88. The van der Waals surface area contributed by atoms with E-state index in [0.29, 0.717) is 5.56 Å². The van der Waals surface area contributed by atoms with Crippen LogP contribution in [0.4, 0.5) is 0 Å². The first-order chi connectivity index (χ1) is 13.5. The summed E-state index contributed by atoms with van der Waals surface area (Å²) < 4.78 is 11.0. The number of Topliss-reactive ketones (excluding diaryl/α,β-unsaturated/α-hetero) is 1. The van der Waals surface area contributed by atoms with Crippen molar-refractivity contribution in [1.29, 1.82) is 0 Å². The molecule has 0 radical (unpaired) electrons. The predicted octanol–water partition coefficient (Wildman–Crippen LogP) is 3.12. The van der Waals surface area contributed by atoms with E-state index >= 15 is 0 Å². The second-order valence-electron chi connectivity index (χ2n) is 10.1. The maximum absolute atomic E-state index is 13.1. The highest BCUT2D eigenvalue weighted by atomic mass is 16.6. The molecule has 2 N–H and O–H groups in total. The van der Waals surface area contributed by atoms with Gasteiger partial charge < -0.3 is 19.7 Å². The number of ketones is 1. The Kier molecular flexibility index (Phi) is 6.38. The smallest absolute Gasteiger partial charge is 0.317 e. The second kappa shape index (κ2) is 8.02. The van der Waals surface area contributed by atoms with Crippen LogP contribution in [0.25, 0.3) is 0 Å². The molecular formula is C23H32O7. The number of hydrogen-bond donors (Lipinski definition) is 2. The first-order valence-corrected chi connectivity index (χ1v) is 10.0. The van der Waals surface area contributed by atoms with E-state index < -0.39 is 58.7 Å². The zero-order chi connectivity index (χ0) is 23.1. The van der Waals surface area contributed by atoms with E-state index in [1.807, 2.05) is 0 Å². The van der Waals surface area contributed by atoms with Gasteiger partial charge in [-0.3, -0.25) is 14.4 Å². The van der Waals surface area contributed by atoms with Gasteiger partial charge in [0, 0.05) is 12.3 Å². The highest BCUT2D eigenvalue weighted by molar-refractivity contribution is 6.03. The molecule has 1 saturated carbocycles. The number of esters is 2. The van der Waals surface area contributed by atoms with Crippen molar-refractivity contribution in [2.45, 2.75) is 77.6 Å². The third-order valence-electron chi connectivity index (χ3n) is 4.84. The number of aliphatic hydroxyl groups is 1. The molecule has 0 unspecified atom stereocenters. The molecule has 0 aromatic heterocycles. The normalized spacial score (nSPS) is 27.5. The third kappa shape index (κ3) is 5.59. The molecule has 0 bridgehead atoms. The van der Waals surface area contributed by atoms with Crippen LogP contribution in [0.1, 0.15) is 66.4 Å². The molecule has 0 aliphatic heterocycles. The minimum absolute atomic E-state index is 0.0870. The molecule has 1 aromatic rings.